The Labute approximate surface area is 219 Å². The fourth-order valence-corrected chi connectivity index (χ4v) is 5.69. The molecule has 0 unspecified atom stereocenters. The fourth-order valence-electron chi connectivity index (χ4n) is 5.69. The summed E-state index contributed by atoms with van der Waals surface area (Å²) in [5, 5.41) is 3.86. The molecule has 38 heavy (non-hydrogen) atoms. The summed E-state index contributed by atoms with van der Waals surface area (Å²) < 4.78 is 2.00. The molecule has 2 aliphatic rings. The Morgan fingerprint density at radius 3 is 2.55 bits per heavy atom. The number of carbonyl (C=O) groups excluding carboxylic acids is 2. The lowest BCUT2D eigenvalue weighted by atomic mass is 10.00. The SMILES string of the molecule is Cc1cc(-c2cncc(-c3ccc(N4C(=O)Cc5c(C)cccc54)cc3)c2)c2cc3n(c2n1)CCNC3=O. The number of fused-ring (bicyclic) bond motifs is 4. The monoisotopic (exact) mass is 499 g/mol. The largest absolute Gasteiger partial charge is 0.349 e. The van der Waals surface area contributed by atoms with Crippen molar-refractivity contribution >= 4 is 34.2 Å². The van der Waals surface area contributed by atoms with Crippen LogP contribution in [0.3, 0.4) is 0 Å². The van der Waals surface area contributed by atoms with Gasteiger partial charge in [-0.15, -0.1) is 0 Å². The van der Waals surface area contributed by atoms with Gasteiger partial charge in [0, 0.05) is 53.4 Å². The standard InChI is InChI=1S/C31H25N5O2/c1-18-4-3-5-27-24(18)15-29(37)36(27)23-8-6-20(7-9-23)21-13-22(17-32-16-21)25-12-19(2)34-30-26(25)14-28-31(38)33-10-11-35(28)30/h3-9,12-14,16-17H,10-11,15H2,1-2H3,(H,33,38). The summed E-state index contributed by atoms with van der Waals surface area (Å²) in [6.07, 6.45) is 4.13. The van der Waals surface area contributed by atoms with E-state index in [0.29, 0.717) is 25.2 Å². The molecule has 186 valence electrons. The van der Waals surface area contributed by atoms with E-state index in [0.717, 1.165) is 61.5 Å². The second kappa shape index (κ2) is 8.38. The average Bonchev–Trinajstić information content (AvgIpc) is 3.47. The van der Waals surface area contributed by atoms with Crippen LogP contribution in [0.2, 0.25) is 0 Å². The second-order valence-electron chi connectivity index (χ2n) is 9.97. The number of hydrogen-bond acceptors (Lipinski definition) is 4. The lowest BCUT2D eigenvalue weighted by Gasteiger charge is -2.18. The van der Waals surface area contributed by atoms with Gasteiger partial charge in [-0.1, -0.05) is 24.3 Å². The summed E-state index contributed by atoms with van der Waals surface area (Å²) in [6.45, 7) is 5.33. The molecule has 0 atom stereocenters. The van der Waals surface area contributed by atoms with E-state index < -0.39 is 0 Å². The number of aromatic nitrogens is 3. The zero-order valence-corrected chi connectivity index (χ0v) is 21.2. The lowest BCUT2D eigenvalue weighted by molar-refractivity contribution is -0.116. The van der Waals surface area contributed by atoms with Crippen LogP contribution in [-0.2, 0) is 17.8 Å². The fraction of sp³-hybridized carbons (Fsp3) is 0.161. The zero-order chi connectivity index (χ0) is 26.0. The third-order valence-electron chi connectivity index (χ3n) is 7.56. The highest BCUT2D eigenvalue weighted by Crippen LogP contribution is 2.38. The van der Waals surface area contributed by atoms with Crippen LogP contribution in [0.4, 0.5) is 11.4 Å². The normalized spacial score (nSPS) is 14.5. The van der Waals surface area contributed by atoms with Crippen molar-refractivity contribution < 1.29 is 9.59 Å². The first-order valence-electron chi connectivity index (χ1n) is 12.7. The molecule has 0 bridgehead atoms. The molecule has 1 N–H and O–H groups in total. The van der Waals surface area contributed by atoms with Gasteiger partial charge in [-0.2, -0.15) is 0 Å². The third kappa shape index (κ3) is 3.43. The van der Waals surface area contributed by atoms with E-state index in [1.165, 1.54) is 0 Å². The molecule has 2 aromatic carbocycles. The molecule has 5 aromatic rings. The molecule has 0 radical (unpaired) electrons. The molecule has 7 heteroatoms. The summed E-state index contributed by atoms with van der Waals surface area (Å²) >= 11 is 0. The third-order valence-corrected chi connectivity index (χ3v) is 7.56. The quantitative estimate of drug-likeness (QED) is 0.363. The summed E-state index contributed by atoms with van der Waals surface area (Å²) in [4.78, 5) is 36.4. The van der Waals surface area contributed by atoms with Crippen LogP contribution in [-0.4, -0.2) is 32.9 Å². The number of benzene rings is 2. The Morgan fingerprint density at radius 1 is 0.895 bits per heavy atom. The highest BCUT2D eigenvalue weighted by molar-refractivity contribution is 6.08. The lowest BCUT2D eigenvalue weighted by Crippen LogP contribution is -2.34. The van der Waals surface area contributed by atoms with E-state index in [2.05, 4.69) is 35.4 Å². The Bertz CT molecular complexity index is 1780. The number of rotatable bonds is 3. The Balaban J connectivity index is 1.27. The van der Waals surface area contributed by atoms with Crippen LogP contribution in [0.25, 0.3) is 33.3 Å². The number of nitrogens with one attached hydrogen (secondary N) is 1. The Morgan fingerprint density at radius 2 is 1.71 bits per heavy atom. The molecule has 2 amide bonds. The molecular weight excluding hydrogens is 474 g/mol. The van der Waals surface area contributed by atoms with Crippen molar-refractivity contribution in [3.63, 3.8) is 0 Å². The number of amides is 2. The van der Waals surface area contributed by atoms with Gasteiger partial charge in [0.2, 0.25) is 5.91 Å². The van der Waals surface area contributed by atoms with Crippen LogP contribution in [0, 0.1) is 13.8 Å². The van der Waals surface area contributed by atoms with E-state index in [9.17, 15) is 9.59 Å². The maximum absolute atomic E-state index is 12.9. The first-order chi connectivity index (χ1) is 18.5. The van der Waals surface area contributed by atoms with E-state index in [4.69, 9.17) is 4.98 Å². The van der Waals surface area contributed by atoms with Gasteiger partial charge < -0.3 is 9.88 Å². The topological polar surface area (TPSA) is 80.1 Å². The van der Waals surface area contributed by atoms with Crippen molar-refractivity contribution in [2.45, 2.75) is 26.8 Å². The molecule has 7 nitrogen and oxygen atoms in total. The number of carbonyl (C=O) groups is 2. The molecule has 0 saturated carbocycles. The summed E-state index contributed by atoms with van der Waals surface area (Å²) in [6, 6.07) is 20.2. The van der Waals surface area contributed by atoms with Crippen molar-refractivity contribution in [2.75, 3.05) is 11.4 Å². The van der Waals surface area contributed by atoms with Gasteiger partial charge in [0.25, 0.3) is 5.91 Å². The zero-order valence-electron chi connectivity index (χ0n) is 21.2. The van der Waals surface area contributed by atoms with E-state index in [-0.39, 0.29) is 11.8 Å². The van der Waals surface area contributed by atoms with Crippen LogP contribution >= 0.6 is 0 Å². The molecule has 5 heterocycles. The van der Waals surface area contributed by atoms with E-state index >= 15 is 0 Å². The number of hydrogen-bond donors (Lipinski definition) is 1. The molecule has 0 saturated heterocycles. The van der Waals surface area contributed by atoms with E-state index in [1.807, 2.05) is 71.2 Å². The number of anilines is 2. The Kier molecular flexibility index (Phi) is 4.94. The summed E-state index contributed by atoms with van der Waals surface area (Å²) in [5.74, 6) is 0.0193. The van der Waals surface area contributed by atoms with Gasteiger partial charge in [-0.25, -0.2) is 4.98 Å². The van der Waals surface area contributed by atoms with Gasteiger partial charge in [-0.3, -0.25) is 19.5 Å². The first-order valence-corrected chi connectivity index (χ1v) is 12.7. The highest BCUT2D eigenvalue weighted by atomic mass is 16.2. The molecule has 7 rings (SSSR count). The van der Waals surface area contributed by atoms with Crippen molar-refractivity contribution in [3.8, 4) is 22.3 Å². The predicted octanol–water partition coefficient (Wildman–Crippen LogP) is 5.35. The molecule has 0 fully saturated rings. The number of nitrogens with zero attached hydrogens (tertiary/aromatic N) is 4. The van der Waals surface area contributed by atoms with Crippen LogP contribution in [0.5, 0.6) is 0 Å². The maximum Gasteiger partial charge on any atom is 0.268 e. The molecular formula is C31H25N5O2. The Hall–Kier alpha value is -4.78. The van der Waals surface area contributed by atoms with Crippen LogP contribution in [0.1, 0.15) is 27.3 Å². The van der Waals surface area contributed by atoms with Gasteiger partial charge in [0.1, 0.15) is 11.3 Å². The van der Waals surface area contributed by atoms with Gasteiger partial charge >= 0.3 is 0 Å². The average molecular weight is 500 g/mol. The first kappa shape index (κ1) is 22.4. The maximum atomic E-state index is 12.9. The van der Waals surface area contributed by atoms with Gasteiger partial charge in [0.05, 0.1) is 12.1 Å². The van der Waals surface area contributed by atoms with Crippen LogP contribution < -0.4 is 10.2 Å². The van der Waals surface area contributed by atoms with Crippen molar-refractivity contribution in [2.24, 2.45) is 0 Å². The summed E-state index contributed by atoms with van der Waals surface area (Å²) in [7, 11) is 0. The molecule has 3 aromatic heterocycles. The summed E-state index contributed by atoms with van der Waals surface area (Å²) in [5.41, 5.74) is 10.4. The van der Waals surface area contributed by atoms with Crippen molar-refractivity contribution in [1.29, 1.82) is 0 Å². The number of pyridine rings is 2. The molecule has 2 aliphatic heterocycles. The van der Waals surface area contributed by atoms with Crippen molar-refractivity contribution in [1.82, 2.24) is 19.9 Å². The minimum absolute atomic E-state index is 0.0703. The smallest absolute Gasteiger partial charge is 0.268 e. The van der Waals surface area contributed by atoms with Gasteiger partial charge in [0.15, 0.2) is 0 Å². The number of aryl methyl sites for hydroxylation is 2. The minimum Gasteiger partial charge on any atom is -0.349 e. The molecule has 0 spiro atoms. The second-order valence-corrected chi connectivity index (χ2v) is 9.97. The van der Waals surface area contributed by atoms with E-state index in [1.54, 1.807) is 0 Å². The highest BCUT2D eigenvalue weighted by Gasteiger charge is 2.29. The van der Waals surface area contributed by atoms with Crippen LogP contribution in [0.15, 0.2) is 73.1 Å². The molecule has 0 aliphatic carbocycles. The van der Waals surface area contributed by atoms with Gasteiger partial charge in [-0.05, 0) is 72.5 Å². The predicted molar refractivity (Wildman–Crippen MR) is 147 cm³/mol. The van der Waals surface area contributed by atoms with Crippen molar-refractivity contribution in [3.05, 3.63) is 95.6 Å². The minimum atomic E-state index is -0.0703.